The highest BCUT2D eigenvalue weighted by molar-refractivity contribution is 8.24. The van der Waals surface area contributed by atoms with E-state index in [0.29, 0.717) is 42.1 Å². The first-order valence-electron chi connectivity index (χ1n) is 8.29. The van der Waals surface area contributed by atoms with Gasteiger partial charge in [-0.3, -0.25) is 14.0 Å². The lowest BCUT2D eigenvalue weighted by Crippen LogP contribution is -2.37. The molecule has 1 aromatic rings. The number of halogens is 1. The molecule has 2 saturated heterocycles. The minimum absolute atomic E-state index is 0.0444. The van der Waals surface area contributed by atoms with Gasteiger partial charge in [-0.05, 0) is 48.7 Å². The van der Waals surface area contributed by atoms with Gasteiger partial charge in [-0.1, -0.05) is 6.07 Å². The van der Waals surface area contributed by atoms with Gasteiger partial charge >= 0.3 is 6.09 Å². The van der Waals surface area contributed by atoms with Crippen LogP contribution in [-0.2, 0) is 4.74 Å². The number of carbonyl (C=O) groups excluding carboxylic acids is 1. The Kier molecular flexibility index (Phi) is 5.56. The first kappa shape index (κ1) is 19.2. The number of ether oxygens (including phenoxy) is 1. The fourth-order valence-corrected chi connectivity index (χ4v) is 4.90. The van der Waals surface area contributed by atoms with Crippen LogP contribution in [0.4, 0.5) is 14.9 Å². The quantitative estimate of drug-likeness (QED) is 0.572. The molecule has 0 spiro atoms. The molecular weight excluding hydrogens is 381 g/mol. The summed E-state index contributed by atoms with van der Waals surface area (Å²) in [6.45, 7) is 0.574. The summed E-state index contributed by atoms with van der Waals surface area (Å²) >= 11 is 4.72. The van der Waals surface area contributed by atoms with Gasteiger partial charge < -0.3 is 15.8 Å². The van der Waals surface area contributed by atoms with Crippen LogP contribution >= 0.6 is 22.8 Å². The number of hydrogen-bond acceptors (Lipinski definition) is 5. The SMILES string of the molecule is NC(=S)NC[C@H]1CN(c2ccc(C3CCS(O)(O)CC3)c(F)c2)C(=O)O1. The van der Waals surface area contributed by atoms with Crippen LogP contribution in [0.15, 0.2) is 18.2 Å². The van der Waals surface area contributed by atoms with Gasteiger partial charge in [0.25, 0.3) is 0 Å². The lowest BCUT2D eigenvalue weighted by Gasteiger charge is -2.39. The highest BCUT2D eigenvalue weighted by Crippen LogP contribution is 2.48. The summed E-state index contributed by atoms with van der Waals surface area (Å²) < 4.78 is 39.2. The average molecular weight is 404 g/mol. The number of nitrogens with two attached hydrogens (primary N) is 1. The van der Waals surface area contributed by atoms with E-state index in [1.807, 2.05) is 0 Å². The van der Waals surface area contributed by atoms with Crippen molar-refractivity contribution in [3.63, 3.8) is 0 Å². The molecule has 0 saturated carbocycles. The van der Waals surface area contributed by atoms with Gasteiger partial charge in [0.2, 0.25) is 0 Å². The molecule has 144 valence electrons. The van der Waals surface area contributed by atoms with Gasteiger partial charge in [0.1, 0.15) is 11.9 Å². The smallest absolute Gasteiger partial charge is 0.414 e. The van der Waals surface area contributed by atoms with Crippen LogP contribution in [0, 0.1) is 5.82 Å². The lowest BCUT2D eigenvalue weighted by molar-refractivity contribution is 0.143. The third-order valence-corrected chi connectivity index (χ3v) is 6.62. The van der Waals surface area contributed by atoms with Crippen molar-refractivity contribution in [1.29, 1.82) is 0 Å². The van der Waals surface area contributed by atoms with E-state index in [1.165, 1.54) is 11.0 Å². The number of rotatable bonds is 4. The van der Waals surface area contributed by atoms with Crippen molar-refractivity contribution in [3.8, 4) is 0 Å². The maximum Gasteiger partial charge on any atom is 0.414 e. The van der Waals surface area contributed by atoms with Crippen LogP contribution in [0.1, 0.15) is 24.3 Å². The zero-order chi connectivity index (χ0) is 18.9. The van der Waals surface area contributed by atoms with Crippen LogP contribution < -0.4 is 16.0 Å². The molecule has 26 heavy (non-hydrogen) atoms. The fourth-order valence-electron chi connectivity index (χ4n) is 3.29. The topological polar surface area (TPSA) is 108 Å². The van der Waals surface area contributed by atoms with Crippen molar-refractivity contribution in [2.75, 3.05) is 29.5 Å². The van der Waals surface area contributed by atoms with Gasteiger partial charge in [0.15, 0.2) is 5.11 Å². The van der Waals surface area contributed by atoms with Crippen molar-refractivity contribution in [2.45, 2.75) is 24.9 Å². The summed E-state index contributed by atoms with van der Waals surface area (Å²) in [6.07, 6.45) is 0.113. The second-order valence-electron chi connectivity index (χ2n) is 6.55. The molecule has 0 unspecified atom stereocenters. The number of cyclic esters (lactones) is 1. The fraction of sp³-hybridized carbons (Fsp3) is 0.500. The van der Waals surface area contributed by atoms with Crippen molar-refractivity contribution in [1.82, 2.24) is 5.32 Å². The third kappa shape index (κ3) is 4.37. The molecule has 1 aromatic carbocycles. The Morgan fingerprint density at radius 2 is 2.12 bits per heavy atom. The van der Waals surface area contributed by atoms with E-state index in [2.05, 4.69) is 5.32 Å². The first-order valence-corrected chi connectivity index (χ1v) is 10.6. The van der Waals surface area contributed by atoms with Gasteiger partial charge in [0, 0.05) is 11.5 Å². The Morgan fingerprint density at radius 1 is 1.42 bits per heavy atom. The third-order valence-electron chi connectivity index (χ3n) is 4.70. The molecular formula is C16H22FN3O4S2. The van der Waals surface area contributed by atoms with Crippen LogP contribution in [0.5, 0.6) is 0 Å². The maximum absolute atomic E-state index is 14.6. The molecule has 0 radical (unpaired) electrons. The molecule has 2 heterocycles. The predicted octanol–water partition coefficient (Wildman–Crippen LogP) is 2.61. The van der Waals surface area contributed by atoms with Crippen molar-refractivity contribution in [2.24, 2.45) is 5.73 Å². The van der Waals surface area contributed by atoms with E-state index < -0.39 is 28.6 Å². The number of carbonyl (C=O) groups is 1. The number of benzene rings is 1. The van der Waals surface area contributed by atoms with E-state index in [-0.39, 0.29) is 17.6 Å². The van der Waals surface area contributed by atoms with Crippen LogP contribution in [0.25, 0.3) is 0 Å². The van der Waals surface area contributed by atoms with E-state index >= 15 is 0 Å². The lowest BCUT2D eigenvalue weighted by atomic mass is 9.93. The van der Waals surface area contributed by atoms with Gasteiger partial charge in [0.05, 0.1) is 18.8 Å². The standard InChI is InChI=1S/C16H22FN3O4S2/c17-14-7-11(20-9-12(24-16(20)21)8-19-15(18)25)1-2-13(14)10-3-5-26(22,23)6-4-10/h1-2,7,10,12,22-23H,3-6,8-9H2,(H3,18,19,25)/t12-/m0/s1. The molecule has 2 aliphatic rings. The molecule has 0 bridgehead atoms. The number of hydrogen-bond donors (Lipinski definition) is 4. The van der Waals surface area contributed by atoms with Crippen LogP contribution in [0.2, 0.25) is 0 Å². The summed E-state index contributed by atoms with van der Waals surface area (Å²) in [5.74, 6) is 0.157. The van der Waals surface area contributed by atoms with Crippen molar-refractivity contribution < 1.29 is 23.0 Å². The molecule has 1 atom stereocenters. The van der Waals surface area contributed by atoms with Crippen LogP contribution in [0.3, 0.4) is 0 Å². The molecule has 10 heteroatoms. The van der Waals surface area contributed by atoms with Crippen molar-refractivity contribution in [3.05, 3.63) is 29.6 Å². The van der Waals surface area contributed by atoms with Gasteiger partial charge in [-0.2, -0.15) is 10.6 Å². The average Bonchev–Trinajstić information content (AvgIpc) is 2.94. The highest BCUT2D eigenvalue weighted by atomic mass is 32.3. The molecule has 7 nitrogen and oxygen atoms in total. The number of nitrogens with one attached hydrogen (secondary N) is 1. The Balaban J connectivity index is 1.68. The van der Waals surface area contributed by atoms with E-state index in [1.54, 1.807) is 12.1 Å². The largest absolute Gasteiger partial charge is 0.442 e. The van der Waals surface area contributed by atoms with E-state index in [9.17, 15) is 18.3 Å². The summed E-state index contributed by atoms with van der Waals surface area (Å²) in [5.41, 5.74) is 6.33. The summed E-state index contributed by atoms with van der Waals surface area (Å²) in [4.78, 5) is 13.4. The molecule has 1 amide bonds. The minimum atomic E-state index is -2.50. The Labute approximate surface area is 158 Å². The maximum atomic E-state index is 14.6. The van der Waals surface area contributed by atoms with Gasteiger partial charge in [-0.25, -0.2) is 9.18 Å². The molecule has 0 aliphatic carbocycles. The van der Waals surface area contributed by atoms with Crippen molar-refractivity contribution >= 4 is 39.7 Å². The second-order valence-corrected chi connectivity index (χ2v) is 9.41. The Bertz CT molecular complexity index is 709. The normalized spacial score (nSPS) is 24.2. The predicted molar refractivity (Wildman–Crippen MR) is 103 cm³/mol. The van der Waals surface area contributed by atoms with E-state index in [4.69, 9.17) is 22.7 Å². The number of nitrogens with zero attached hydrogens (tertiary/aromatic N) is 1. The van der Waals surface area contributed by atoms with Crippen LogP contribution in [-0.4, -0.2) is 51.0 Å². The monoisotopic (exact) mass is 403 g/mol. The van der Waals surface area contributed by atoms with Gasteiger partial charge in [-0.15, -0.1) is 0 Å². The summed E-state index contributed by atoms with van der Waals surface area (Å²) in [7, 11) is -2.50. The number of amides is 1. The second kappa shape index (κ2) is 7.55. The molecule has 0 aromatic heterocycles. The molecule has 5 N–H and O–H groups in total. The highest BCUT2D eigenvalue weighted by Gasteiger charge is 2.33. The molecule has 3 rings (SSSR count). The molecule has 2 fully saturated rings. The minimum Gasteiger partial charge on any atom is -0.442 e. The first-order chi connectivity index (χ1) is 12.2. The van der Waals surface area contributed by atoms with E-state index in [0.717, 1.165) is 0 Å². The Hall–Kier alpha value is -1.62. The zero-order valence-corrected chi connectivity index (χ0v) is 15.7. The Morgan fingerprint density at radius 3 is 2.73 bits per heavy atom. The summed E-state index contributed by atoms with van der Waals surface area (Å²) in [5, 5.41) is 2.87. The number of anilines is 1. The zero-order valence-electron chi connectivity index (χ0n) is 14.1. The number of thiocarbonyl (C=S) groups is 1. The molecule has 2 aliphatic heterocycles. The summed E-state index contributed by atoms with van der Waals surface area (Å²) in [6, 6.07) is 4.68.